The Morgan fingerprint density at radius 3 is 2.61 bits per heavy atom. The zero-order chi connectivity index (χ0) is 24.5. The molecule has 4 aromatic rings. The summed E-state index contributed by atoms with van der Waals surface area (Å²) >= 11 is 0. The Bertz CT molecular complexity index is 1350. The summed E-state index contributed by atoms with van der Waals surface area (Å²) in [7, 11) is 0. The first-order chi connectivity index (χ1) is 17.7. The Hall–Kier alpha value is -3.20. The smallest absolute Gasteiger partial charge is 0.128 e. The first-order valence-electron chi connectivity index (χ1n) is 12.6. The molecule has 4 heterocycles. The molecule has 2 aromatic heterocycles. The molecule has 0 spiro atoms. The predicted octanol–water partition coefficient (Wildman–Crippen LogP) is 4.79. The summed E-state index contributed by atoms with van der Waals surface area (Å²) < 4.78 is 28.3. The molecule has 2 saturated heterocycles. The molecule has 2 aromatic carbocycles. The molecule has 0 N–H and O–H groups in total. The summed E-state index contributed by atoms with van der Waals surface area (Å²) in [5, 5.41) is 4.59. The van der Waals surface area contributed by atoms with E-state index in [0.29, 0.717) is 25.8 Å². The number of aryl methyl sites for hydroxylation is 1. The minimum absolute atomic E-state index is 0.185. The summed E-state index contributed by atoms with van der Waals surface area (Å²) in [5.74, 6) is -0.185. The van der Waals surface area contributed by atoms with Crippen molar-refractivity contribution in [2.75, 3.05) is 39.5 Å². The minimum atomic E-state index is -0.185. The largest absolute Gasteiger partial charge is 0.381 e. The summed E-state index contributed by atoms with van der Waals surface area (Å²) in [5.41, 5.74) is 6.59. The van der Waals surface area contributed by atoms with Gasteiger partial charge in [0.15, 0.2) is 0 Å². The number of rotatable bonds is 5. The van der Waals surface area contributed by atoms with Crippen molar-refractivity contribution in [3.8, 4) is 22.4 Å². The molecule has 8 heteroatoms. The third-order valence-corrected chi connectivity index (χ3v) is 7.25. The number of benzene rings is 2. The Morgan fingerprint density at radius 2 is 1.81 bits per heavy atom. The highest BCUT2D eigenvalue weighted by Crippen LogP contribution is 2.32. The van der Waals surface area contributed by atoms with Gasteiger partial charge in [-0.25, -0.2) is 9.37 Å². The van der Waals surface area contributed by atoms with Gasteiger partial charge in [0.2, 0.25) is 0 Å². The van der Waals surface area contributed by atoms with Gasteiger partial charge in [-0.1, -0.05) is 18.2 Å². The lowest BCUT2D eigenvalue weighted by Gasteiger charge is -2.27. The molecule has 2 aliphatic heterocycles. The zero-order valence-corrected chi connectivity index (χ0v) is 20.5. The second-order valence-corrected chi connectivity index (χ2v) is 9.62. The van der Waals surface area contributed by atoms with E-state index >= 15 is 4.39 Å². The SMILES string of the molecule is Cc1cc(-c2cccc3ncc(-c4cnn(C5CCOCC5)c4)nc23)cc(F)c1CN1CCOCC1. The summed E-state index contributed by atoms with van der Waals surface area (Å²) in [6.07, 6.45) is 7.59. The topological polar surface area (TPSA) is 65.3 Å². The third-order valence-electron chi connectivity index (χ3n) is 7.25. The van der Waals surface area contributed by atoms with Crippen LogP contribution in [0.2, 0.25) is 0 Å². The van der Waals surface area contributed by atoms with Gasteiger partial charge >= 0.3 is 0 Å². The van der Waals surface area contributed by atoms with E-state index in [1.54, 1.807) is 12.3 Å². The number of nitrogens with zero attached hydrogens (tertiary/aromatic N) is 5. The second kappa shape index (κ2) is 10.0. The lowest BCUT2D eigenvalue weighted by molar-refractivity contribution is 0.0336. The third kappa shape index (κ3) is 4.64. The summed E-state index contributed by atoms with van der Waals surface area (Å²) in [6.45, 7) is 7.15. The number of aromatic nitrogens is 4. The van der Waals surface area contributed by atoms with Crippen molar-refractivity contribution < 1.29 is 13.9 Å². The van der Waals surface area contributed by atoms with Crippen LogP contribution < -0.4 is 0 Å². The van der Waals surface area contributed by atoms with Gasteiger partial charge in [-0.05, 0) is 43.0 Å². The van der Waals surface area contributed by atoms with Crippen molar-refractivity contribution in [3.05, 3.63) is 65.9 Å². The van der Waals surface area contributed by atoms with E-state index in [1.807, 2.05) is 42.2 Å². The van der Waals surface area contributed by atoms with Crippen LogP contribution in [0.5, 0.6) is 0 Å². The van der Waals surface area contributed by atoms with E-state index in [0.717, 1.165) is 83.7 Å². The van der Waals surface area contributed by atoms with Gasteiger partial charge in [0.1, 0.15) is 5.82 Å². The van der Waals surface area contributed by atoms with Crippen LogP contribution in [0.4, 0.5) is 4.39 Å². The van der Waals surface area contributed by atoms with E-state index in [-0.39, 0.29) is 5.82 Å². The van der Waals surface area contributed by atoms with Gasteiger partial charge in [0.05, 0.1) is 48.4 Å². The lowest BCUT2D eigenvalue weighted by Crippen LogP contribution is -2.36. The fraction of sp³-hybridized carbons (Fsp3) is 0.393. The van der Waals surface area contributed by atoms with Crippen LogP contribution in [0.25, 0.3) is 33.4 Å². The molecular formula is C28H30FN5O2. The van der Waals surface area contributed by atoms with Crippen molar-refractivity contribution in [2.45, 2.75) is 32.4 Å². The van der Waals surface area contributed by atoms with Crippen LogP contribution in [0, 0.1) is 12.7 Å². The standard InChI is InChI=1S/C28H30FN5O2/c1-19-13-20(14-25(29)24(19)18-33-7-11-36-12-8-33)23-3-2-4-26-28(23)32-27(16-30-26)21-15-31-34(17-21)22-5-9-35-10-6-22/h2-4,13-17,22H,5-12,18H2,1H3. The van der Waals surface area contributed by atoms with Gasteiger partial charge < -0.3 is 9.47 Å². The van der Waals surface area contributed by atoms with Gasteiger partial charge in [-0.15, -0.1) is 0 Å². The number of morpholine rings is 1. The maximum atomic E-state index is 15.4. The van der Waals surface area contributed by atoms with Crippen molar-refractivity contribution in [3.63, 3.8) is 0 Å². The average Bonchev–Trinajstić information content (AvgIpc) is 3.42. The fourth-order valence-corrected chi connectivity index (χ4v) is 5.14. The Balaban J connectivity index is 1.33. The quantitative estimate of drug-likeness (QED) is 0.403. The van der Waals surface area contributed by atoms with Crippen molar-refractivity contribution in [1.82, 2.24) is 24.6 Å². The van der Waals surface area contributed by atoms with E-state index in [4.69, 9.17) is 14.5 Å². The van der Waals surface area contributed by atoms with Crippen molar-refractivity contribution in [2.24, 2.45) is 0 Å². The van der Waals surface area contributed by atoms with Gasteiger partial charge in [-0.3, -0.25) is 14.6 Å². The highest BCUT2D eigenvalue weighted by Gasteiger charge is 2.19. The van der Waals surface area contributed by atoms with Gasteiger partial charge in [0, 0.05) is 55.7 Å². The second-order valence-electron chi connectivity index (χ2n) is 9.62. The van der Waals surface area contributed by atoms with Crippen LogP contribution in [-0.4, -0.2) is 64.2 Å². The number of para-hydroxylation sites is 1. The highest BCUT2D eigenvalue weighted by atomic mass is 19.1. The van der Waals surface area contributed by atoms with Crippen LogP contribution in [-0.2, 0) is 16.0 Å². The summed E-state index contributed by atoms with van der Waals surface area (Å²) in [4.78, 5) is 11.9. The molecule has 2 aliphatic rings. The average molecular weight is 488 g/mol. The van der Waals surface area contributed by atoms with Crippen molar-refractivity contribution >= 4 is 11.0 Å². The molecule has 0 aliphatic carbocycles. The molecule has 186 valence electrons. The molecular weight excluding hydrogens is 457 g/mol. The number of fused-ring (bicyclic) bond motifs is 1. The van der Waals surface area contributed by atoms with Gasteiger partial charge in [-0.2, -0.15) is 5.10 Å². The Kier molecular flexibility index (Phi) is 6.48. The Labute approximate surface area is 209 Å². The molecule has 0 atom stereocenters. The molecule has 0 saturated carbocycles. The lowest BCUT2D eigenvalue weighted by atomic mass is 9.97. The normalized spacial score (nSPS) is 17.6. The molecule has 0 radical (unpaired) electrons. The highest BCUT2D eigenvalue weighted by molar-refractivity contribution is 5.92. The molecule has 0 amide bonds. The van der Waals surface area contributed by atoms with E-state index in [2.05, 4.69) is 21.0 Å². The predicted molar refractivity (Wildman–Crippen MR) is 136 cm³/mol. The van der Waals surface area contributed by atoms with E-state index in [1.165, 1.54) is 0 Å². The maximum Gasteiger partial charge on any atom is 0.128 e. The molecule has 7 nitrogen and oxygen atoms in total. The van der Waals surface area contributed by atoms with E-state index < -0.39 is 0 Å². The molecule has 2 fully saturated rings. The Morgan fingerprint density at radius 1 is 1.00 bits per heavy atom. The maximum absolute atomic E-state index is 15.4. The molecule has 36 heavy (non-hydrogen) atoms. The summed E-state index contributed by atoms with van der Waals surface area (Å²) in [6, 6.07) is 9.92. The number of ether oxygens (including phenoxy) is 2. The first kappa shape index (κ1) is 23.2. The zero-order valence-electron chi connectivity index (χ0n) is 20.5. The number of hydrogen-bond acceptors (Lipinski definition) is 6. The minimum Gasteiger partial charge on any atom is -0.381 e. The van der Waals surface area contributed by atoms with Crippen molar-refractivity contribution in [1.29, 1.82) is 0 Å². The molecule has 6 rings (SSSR count). The fourth-order valence-electron chi connectivity index (χ4n) is 5.14. The van der Waals surface area contributed by atoms with Crippen LogP contribution >= 0.6 is 0 Å². The van der Waals surface area contributed by atoms with Gasteiger partial charge in [0.25, 0.3) is 0 Å². The number of hydrogen-bond donors (Lipinski definition) is 0. The van der Waals surface area contributed by atoms with Crippen LogP contribution in [0.3, 0.4) is 0 Å². The van der Waals surface area contributed by atoms with Crippen LogP contribution in [0.1, 0.15) is 30.0 Å². The number of halogens is 1. The molecule has 0 unspecified atom stereocenters. The van der Waals surface area contributed by atoms with Crippen LogP contribution in [0.15, 0.2) is 48.9 Å². The molecule has 0 bridgehead atoms. The monoisotopic (exact) mass is 487 g/mol. The first-order valence-corrected chi connectivity index (χ1v) is 12.6. The van der Waals surface area contributed by atoms with E-state index in [9.17, 15) is 0 Å².